The molecule has 0 saturated carbocycles. The van der Waals surface area contributed by atoms with Crippen LogP contribution in [0.2, 0.25) is 0 Å². The fourth-order valence-corrected chi connectivity index (χ4v) is 3.72. The minimum absolute atomic E-state index is 0.141. The third kappa shape index (κ3) is 3.27. The maximum Gasteiger partial charge on any atom is 0.283 e. The van der Waals surface area contributed by atoms with E-state index in [9.17, 15) is 9.90 Å². The summed E-state index contributed by atoms with van der Waals surface area (Å²) >= 11 is 1.39. The predicted molar refractivity (Wildman–Crippen MR) is 105 cm³/mol. The number of methoxy groups -OCH3 is 1. The summed E-state index contributed by atoms with van der Waals surface area (Å²) in [6.45, 7) is 0. The van der Waals surface area contributed by atoms with Crippen LogP contribution in [0.15, 0.2) is 72.1 Å². The van der Waals surface area contributed by atoms with Gasteiger partial charge in [0.25, 0.3) is 5.91 Å². The number of phenolic OH excluding ortho intramolecular Hbond substituents is 1. The summed E-state index contributed by atoms with van der Waals surface area (Å²) in [6.07, 6.45) is 1.95. The number of rotatable bonds is 4. The number of thiophene rings is 1. The van der Waals surface area contributed by atoms with Crippen LogP contribution in [-0.4, -0.2) is 23.1 Å². The van der Waals surface area contributed by atoms with Crippen LogP contribution < -0.4 is 10.2 Å². The quantitative estimate of drug-likeness (QED) is 0.714. The number of carbonyl (C=O) groups is 1. The van der Waals surface area contributed by atoms with Crippen molar-refractivity contribution in [2.75, 3.05) is 7.11 Å². The smallest absolute Gasteiger partial charge is 0.283 e. The molecule has 0 saturated heterocycles. The largest absolute Gasteiger partial charge is 0.508 e. The molecule has 2 heterocycles. The Kier molecular flexibility index (Phi) is 4.56. The molecule has 0 radical (unpaired) electrons. The Morgan fingerprint density at radius 3 is 2.56 bits per heavy atom. The van der Waals surface area contributed by atoms with Crippen molar-refractivity contribution in [3.8, 4) is 11.5 Å². The highest BCUT2D eigenvalue weighted by Gasteiger charge is 2.33. The summed E-state index contributed by atoms with van der Waals surface area (Å²) in [5, 5.41) is 13.7. The Labute approximate surface area is 161 Å². The predicted octanol–water partition coefficient (Wildman–Crippen LogP) is 4.21. The lowest BCUT2D eigenvalue weighted by atomic mass is 10.0. The van der Waals surface area contributed by atoms with E-state index in [0.29, 0.717) is 10.4 Å². The molecular weight excluding hydrogens is 360 g/mol. The number of aromatic hydroxyl groups is 1. The van der Waals surface area contributed by atoms with Gasteiger partial charge in [-0.3, -0.25) is 10.2 Å². The van der Waals surface area contributed by atoms with E-state index in [2.05, 4.69) is 5.43 Å². The number of nitrogens with zero attached hydrogens (tertiary/aromatic N) is 1. The third-order valence-corrected chi connectivity index (χ3v) is 5.31. The molecule has 5 nitrogen and oxygen atoms in total. The molecule has 1 atom stereocenters. The molecule has 136 valence electrons. The number of hydrogen-bond acceptors (Lipinski definition) is 5. The van der Waals surface area contributed by atoms with Gasteiger partial charge in [-0.15, -0.1) is 11.3 Å². The molecule has 1 aliphatic heterocycles. The van der Waals surface area contributed by atoms with E-state index in [1.807, 2.05) is 53.9 Å². The van der Waals surface area contributed by atoms with Crippen LogP contribution >= 0.6 is 11.3 Å². The fourth-order valence-electron chi connectivity index (χ4n) is 3.06. The SMILES string of the molecule is COc1ccc(C2=C[C@H](c3ccccc3O)N(C(=O)c3cccs3)N2)cc1. The molecule has 1 amide bonds. The molecule has 27 heavy (non-hydrogen) atoms. The zero-order chi connectivity index (χ0) is 18.8. The van der Waals surface area contributed by atoms with Crippen LogP contribution in [0.4, 0.5) is 0 Å². The van der Waals surface area contributed by atoms with Crippen LogP contribution in [0.5, 0.6) is 11.5 Å². The summed E-state index contributed by atoms with van der Waals surface area (Å²) in [4.78, 5) is 13.7. The number of hydrazine groups is 1. The Hall–Kier alpha value is -3.25. The molecule has 3 aromatic rings. The number of ether oxygens (including phenoxy) is 1. The van der Waals surface area contributed by atoms with E-state index in [4.69, 9.17) is 4.74 Å². The topological polar surface area (TPSA) is 61.8 Å². The second-order valence-electron chi connectivity index (χ2n) is 6.08. The normalized spacial score (nSPS) is 16.0. The maximum atomic E-state index is 13.0. The van der Waals surface area contributed by atoms with E-state index >= 15 is 0 Å². The van der Waals surface area contributed by atoms with Gasteiger partial charge in [0.05, 0.1) is 17.7 Å². The van der Waals surface area contributed by atoms with Crippen molar-refractivity contribution in [3.63, 3.8) is 0 Å². The number of nitrogens with one attached hydrogen (secondary N) is 1. The van der Waals surface area contributed by atoms with Gasteiger partial charge in [-0.25, -0.2) is 5.01 Å². The molecule has 6 heteroatoms. The van der Waals surface area contributed by atoms with Gasteiger partial charge < -0.3 is 9.84 Å². The number of para-hydroxylation sites is 1. The van der Waals surface area contributed by atoms with E-state index in [1.165, 1.54) is 11.3 Å². The first-order chi connectivity index (χ1) is 13.2. The highest BCUT2D eigenvalue weighted by Crippen LogP contribution is 2.36. The van der Waals surface area contributed by atoms with Gasteiger partial charge >= 0.3 is 0 Å². The van der Waals surface area contributed by atoms with E-state index in [1.54, 1.807) is 30.3 Å². The zero-order valence-corrected chi connectivity index (χ0v) is 15.4. The maximum absolute atomic E-state index is 13.0. The van der Waals surface area contributed by atoms with Crippen LogP contribution in [0.25, 0.3) is 5.70 Å². The minimum atomic E-state index is -0.419. The van der Waals surface area contributed by atoms with Gasteiger partial charge in [-0.1, -0.05) is 24.3 Å². The Morgan fingerprint density at radius 2 is 1.89 bits per heavy atom. The fraction of sp³-hybridized carbons (Fsp3) is 0.0952. The average molecular weight is 378 g/mol. The van der Waals surface area contributed by atoms with Crippen molar-refractivity contribution in [1.82, 2.24) is 10.4 Å². The Morgan fingerprint density at radius 1 is 1.11 bits per heavy atom. The zero-order valence-electron chi connectivity index (χ0n) is 14.6. The molecule has 1 aromatic heterocycles. The molecule has 0 spiro atoms. The van der Waals surface area contributed by atoms with Crippen molar-refractivity contribution >= 4 is 22.9 Å². The summed E-state index contributed by atoms with van der Waals surface area (Å²) in [5.74, 6) is 0.777. The number of phenols is 1. The summed E-state index contributed by atoms with van der Waals surface area (Å²) in [6, 6.07) is 17.9. The lowest BCUT2D eigenvalue weighted by molar-refractivity contribution is 0.0676. The first kappa shape index (κ1) is 17.2. The summed E-state index contributed by atoms with van der Waals surface area (Å²) < 4.78 is 5.21. The van der Waals surface area contributed by atoms with Crippen molar-refractivity contribution in [1.29, 1.82) is 0 Å². The van der Waals surface area contributed by atoms with Crippen LogP contribution in [0, 0.1) is 0 Å². The van der Waals surface area contributed by atoms with Crippen LogP contribution in [0.3, 0.4) is 0 Å². The average Bonchev–Trinajstić information content (AvgIpc) is 3.38. The third-order valence-electron chi connectivity index (χ3n) is 4.45. The Balaban J connectivity index is 1.73. The highest BCUT2D eigenvalue weighted by atomic mass is 32.1. The van der Waals surface area contributed by atoms with Crippen molar-refractivity contribution in [3.05, 3.63) is 88.1 Å². The Bertz CT molecular complexity index is 981. The van der Waals surface area contributed by atoms with Crippen molar-refractivity contribution in [2.45, 2.75) is 6.04 Å². The molecular formula is C21H18N2O3S. The molecule has 1 aliphatic rings. The molecule has 4 rings (SSSR count). The van der Waals surface area contributed by atoms with Crippen LogP contribution in [0.1, 0.15) is 26.8 Å². The number of benzene rings is 2. The lowest BCUT2D eigenvalue weighted by Gasteiger charge is -2.25. The minimum Gasteiger partial charge on any atom is -0.508 e. The standard InChI is InChI=1S/C21H18N2O3S/c1-26-15-10-8-14(9-11-15)17-13-18(16-5-2-3-6-19(16)24)23(22-17)21(25)20-7-4-12-27-20/h2-13,18,22,24H,1H3/t18-/m1/s1. The van der Waals surface area contributed by atoms with Gasteiger partial charge in [0.15, 0.2) is 0 Å². The van der Waals surface area contributed by atoms with Crippen molar-refractivity contribution < 1.29 is 14.6 Å². The van der Waals surface area contributed by atoms with Gasteiger partial charge in [-0.05, 0) is 53.4 Å². The lowest BCUT2D eigenvalue weighted by Crippen LogP contribution is -2.39. The van der Waals surface area contributed by atoms with E-state index in [0.717, 1.165) is 17.0 Å². The van der Waals surface area contributed by atoms with Gasteiger partial charge in [0, 0.05) is 5.56 Å². The molecule has 2 N–H and O–H groups in total. The van der Waals surface area contributed by atoms with Gasteiger partial charge in [-0.2, -0.15) is 0 Å². The first-order valence-corrected chi connectivity index (χ1v) is 9.33. The first-order valence-electron chi connectivity index (χ1n) is 8.45. The second-order valence-corrected chi connectivity index (χ2v) is 7.02. The van der Waals surface area contributed by atoms with Crippen molar-refractivity contribution in [2.24, 2.45) is 0 Å². The molecule has 0 aliphatic carbocycles. The second kappa shape index (κ2) is 7.17. The monoisotopic (exact) mass is 378 g/mol. The van der Waals surface area contributed by atoms with E-state index in [-0.39, 0.29) is 11.7 Å². The van der Waals surface area contributed by atoms with Crippen LogP contribution in [-0.2, 0) is 0 Å². The molecule has 0 unspecified atom stereocenters. The summed E-state index contributed by atoms with van der Waals surface area (Å²) in [5.41, 5.74) is 5.60. The molecule has 2 aromatic carbocycles. The molecule has 0 fully saturated rings. The number of carbonyl (C=O) groups excluding carboxylic acids is 1. The van der Waals surface area contributed by atoms with Gasteiger partial charge in [0.2, 0.25) is 0 Å². The summed E-state index contributed by atoms with van der Waals surface area (Å²) in [7, 11) is 1.62. The van der Waals surface area contributed by atoms with E-state index < -0.39 is 6.04 Å². The van der Waals surface area contributed by atoms with Gasteiger partial charge in [0.1, 0.15) is 17.5 Å². The molecule has 0 bridgehead atoms. The highest BCUT2D eigenvalue weighted by molar-refractivity contribution is 7.12. The number of amides is 1. The number of hydrogen-bond donors (Lipinski definition) is 2.